The summed E-state index contributed by atoms with van der Waals surface area (Å²) in [5.41, 5.74) is 2.32. The Morgan fingerprint density at radius 3 is 2.21 bits per heavy atom. The predicted octanol–water partition coefficient (Wildman–Crippen LogP) is 8.27. The number of halogens is 2. The second-order valence-electron chi connectivity index (χ2n) is 8.40. The maximum Gasteiger partial charge on any atom is 0.201 e. The molecule has 0 radical (unpaired) electrons. The van der Waals surface area contributed by atoms with Gasteiger partial charge in [0.05, 0.1) is 6.61 Å². The Balaban J connectivity index is 1.65. The molecule has 1 aliphatic rings. The Kier molecular flexibility index (Phi) is 8.09. The third kappa shape index (κ3) is 5.58. The van der Waals surface area contributed by atoms with E-state index in [9.17, 15) is 8.78 Å². The molecule has 29 heavy (non-hydrogen) atoms. The van der Waals surface area contributed by atoms with Crippen molar-refractivity contribution in [2.45, 2.75) is 77.6 Å². The van der Waals surface area contributed by atoms with Crippen LogP contribution < -0.4 is 4.74 Å². The Labute approximate surface area is 174 Å². The van der Waals surface area contributed by atoms with Gasteiger partial charge in [0.2, 0.25) is 5.82 Å². The SMILES string of the molecule is CCCCCCOc1ccc(-c2ccc(C3CCC(CC)CC3)cc2)c(F)c1F. The van der Waals surface area contributed by atoms with Gasteiger partial charge in [0.15, 0.2) is 11.6 Å². The summed E-state index contributed by atoms with van der Waals surface area (Å²) < 4.78 is 34.6. The fraction of sp³-hybridized carbons (Fsp3) is 0.538. The normalized spacial score (nSPS) is 19.3. The lowest BCUT2D eigenvalue weighted by Crippen LogP contribution is -2.12. The first-order chi connectivity index (χ1) is 14.1. The van der Waals surface area contributed by atoms with Gasteiger partial charge in [0.25, 0.3) is 0 Å². The van der Waals surface area contributed by atoms with Crippen LogP contribution in [0.25, 0.3) is 11.1 Å². The van der Waals surface area contributed by atoms with E-state index in [1.165, 1.54) is 37.7 Å². The van der Waals surface area contributed by atoms with Crippen LogP contribution in [0.4, 0.5) is 8.78 Å². The predicted molar refractivity (Wildman–Crippen MR) is 116 cm³/mol. The maximum atomic E-state index is 14.7. The van der Waals surface area contributed by atoms with Crippen molar-refractivity contribution >= 4 is 0 Å². The van der Waals surface area contributed by atoms with Crippen molar-refractivity contribution in [3.63, 3.8) is 0 Å². The molecule has 0 aliphatic heterocycles. The number of benzene rings is 2. The van der Waals surface area contributed by atoms with Gasteiger partial charge in [-0.25, -0.2) is 4.39 Å². The van der Waals surface area contributed by atoms with Crippen LogP contribution in [0.5, 0.6) is 5.75 Å². The topological polar surface area (TPSA) is 9.23 Å². The molecule has 1 nitrogen and oxygen atoms in total. The molecule has 0 saturated heterocycles. The molecule has 0 unspecified atom stereocenters. The average Bonchev–Trinajstić information content (AvgIpc) is 2.77. The van der Waals surface area contributed by atoms with Crippen molar-refractivity contribution < 1.29 is 13.5 Å². The van der Waals surface area contributed by atoms with Crippen LogP contribution in [0.3, 0.4) is 0 Å². The molecule has 2 aromatic rings. The minimum atomic E-state index is -0.889. The first kappa shape index (κ1) is 21.8. The van der Waals surface area contributed by atoms with Crippen molar-refractivity contribution in [1.29, 1.82) is 0 Å². The van der Waals surface area contributed by atoms with E-state index in [4.69, 9.17) is 4.74 Å². The molecule has 0 amide bonds. The standard InChI is InChI=1S/C26H34F2O/c1-3-5-6-7-18-29-24-17-16-23(25(27)26(24)28)22-14-12-21(13-15-22)20-10-8-19(4-2)9-11-20/h12-17,19-20H,3-11,18H2,1-2H3. The summed E-state index contributed by atoms with van der Waals surface area (Å²) >= 11 is 0. The van der Waals surface area contributed by atoms with Crippen LogP contribution >= 0.6 is 0 Å². The maximum absolute atomic E-state index is 14.7. The highest BCUT2D eigenvalue weighted by atomic mass is 19.2. The lowest BCUT2D eigenvalue weighted by atomic mass is 9.77. The van der Waals surface area contributed by atoms with Crippen molar-refractivity contribution in [3.8, 4) is 16.9 Å². The zero-order valence-corrected chi connectivity index (χ0v) is 17.9. The minimum absolute atomic E-state index is 0.00653. The highest BCUT2D eigenvalue weighted by molar-refractivity contribution is 5.65. The molecule has 1 fully saturated rings. The van der Waals surface area contributed by atoms with Gasteiger partial charge in [-0.1, -0.05) is 63.8 Å². The first-order valence-corrected chi connectivity index (χ1v) is 11.3. The van der Waals surface area contributed by atoms with E-state index in [0.717, 1.165) is 31.6 Å². The summed E-state index contributed by atoms with van der Waals surface area (Å²) in [7, 11) is 0. The Hall–Kier alpha value is -1.90. The minimum Gasteiger partial charge on any atom is -0.490 e. The molecule has 0 bridgehead atoms. The monoisotopic (exact) mass is 400 g/mol. The fourth-order valence-corrected chi connectivity index (χ4v) is 4.42. The molecule has 0 atom stereocenters. The van der Waals surface area contributed by atoms with Crippen molar-refractivity contribution in [3.05, 3.63) is 53.6 Å². The molecular weight excluding hydrogens is 366 g/mol. The number of ether oxygens (including phenoxy) is 1. The second-order valence-corrected chi connectivity index (χ2v) is 8.40. The van der Waals surface area contributed by atoms with Crippen molar-refractivity contribution in [2.75, 3.05) is 6.61 Å². The largest absolute Gasteiger partial charge is 0.490 e. The molecule has 0 spiro atoms. The molecule has 3 rings (SSSR count). The van der Waals surface area contributed by atoms with Gasteiger partial charge in [-0.05, 0) is 67.2 Å². The molecule has 1 aliphatic carbocycles. The van der Waals surface area contributed by atoms with E-state index in [1.807, 2.05) is 12.1 Å². The van der Waals surface area contributed by atoms with Crippen molar-refractivity contribution in [2.24, 2.45) is 5.92 Å². The number of hydrogen-bond donors (Lipinski definition) is 0. The van der Waals surface area contributed by atoms with E-state index >= 15 is 0 Å². The number of rotatable bonds is 9. The fourth-order valence-electron chi connectivity index (χ4n) is 4.42. The molecule has 2 aromatic carbocycles. The van der Waals surface area contributed by atoms with Crippen LogP contribution in [-0.4, -0.2) is 6.61 Å². The molecule has 158 valence electrons. The van der Waals surface area contributed by atoms with E-state index in [1.54, 1.807) is 12.1 Å². The summed E-state index contributed by atoms with van der Waals surface area (Å²) in [4.78, 5) is 0. The van der Waals surface area contributed by atoms with Gasteiger partial charge >= 0.3 is 0 Å². The van der Waals surface area contributed by atoms with E-state index in [-0.39, 0.29) is 5.75 Å². The third-order valence-corrected chi connectivity index (χ3v) is 6.42. The molecule has 0 N–H and O–H groups in total. The molecule has 0 heterocycles. The molecular formula is C26H34F2O. The van der Waals surface area contributed by atoms with Gasteiger partial charge in [-0.2, -0.15) is 4.39 Å². The van der Waals surface area contributed by atoms with Gasteiger partial charge in [-0.15, -0.1) is 0 Å². The van der Waals surface area contributed by atoms with Crippen LogP contribution in [0.1, 0.15) is 83.1 Å². The smallest absolute Gasteiger partial charge is 0.201 e. The number of hydrogen-bond acceptors (Lipinski definition) is 1. The van der Waals surface area contributed by atoms with E-state index in [2.05, 4.69) is 26.0 Å². The summed E-state index contributed by atoms with van der Waals surface area (Å²) in [6.45, 7) is 4.83. The first-order valence-electron chi connectivity index (χ1n) is 11.3. The van der Waals surface area contributed by atoms with Crippen LogP contribution in [0, 0.1) is 17.6 Å². The quantitative estimate of drug-likeness (QED) is 0.385. The highest BCUT2D eigenvalue weighted by Gasteiger charge is 2.21. The Bertz CT molecular complexity index is 761. The molecule has 3 heteroatoms. The molecule has 0 aromatic heterocycles. The summed E-state index contributed by atoms with van der Waals surface area (Å²) in [5, 5.41) is 0. The van der Waals surface area contributed by atoms with Gasteiger partial charge < -0.3 is 4.74 Å². The lowest BCUT2D eigenvalue weighted by molar-refractivity contribution is 0.285. The highest BCUT2D eigenvalue weighted by Crippen LogP contribution is 2.38. The Morgan fingerprint density at radius 2 is 1.55 bits per heavy atom. The zero-order valence-electron chi connectivity index (χ0n) is 17.9. The Morgan fingerprint density at radius 1 is 0.828 bits per heavy atom. The van der Waals surface area contributed by atoms with Gasteiger partial charge in [0.1, 0.15) is 0 Å². The summed E-state index contributed by atoms with van der Waals surface area (Å²) in [5.74, 6) is -0.244. The van der Waals surface area contributed by atoms with Gasteiger partial charge in [-0.3, -0.25) is 0 Å². The van der Waals surface area contributed by atoms with Crippen LogP contribution in [-0.2, 0) is 0 Å². The number of unbranched alkanes of at least 4 members (excludes halogenated alkanes) is 3. The van der Waals surface area contributed by atoms with Crippen LogP contribution in [0.2, 0.25) is 0 Å². The van der Waals surface area contributed by atoms with Crippen molar-refractivity contribution in [1.82, 2.24) is 0 Å². The zero-order chi connectivity index (χ0) is 20.6. The van der Waals surface area contributed by atoms with E-state index in [0.29, 0.717) is 23.7 Å². The summed E-state index contributed by atoms with van der Waals surface area (Å²) in [6, 6.07) is 11.2. The third-order valence-electron chi connectivity index (χ3n) is 6.42. The van der Waals surface area contributed by atoms with Gasteiger partial charge in [0, 0.05) is 5.56 Å². The lowest BCUT2D eigenvalue weighted by Gasteiger charge is -2.28. The molecule has 1 saturated carbocycles. The van der Waals surface area contributed by atoms with E-state index < -0.39 is 11.6 Å². The summed E-state index contributed by atoms with van der Waals surface area (Å²) in [6.07, 6.45) is 10.5. The second kappa shape index (κ2) is 10.8. The van der Waals surface area contributed by atoms with Crippen LogP contribution in [0.15, 0.2) is 36.4 Å². The average molecular weight is 401 g/mol.